The summed E-state index contributed by atoms with van der Waals surface area (Å²) in [7, 11) is 0. The number of hydrogen-bond donors (Lipinski definition) is 4. The van der Waals surface area contributed by atoms with Crippen LogP contribution in [0.5, 0.6) is 0 Å². The van der Waals surface area contributed by atoms with Crippen LogP contribution < -0.4 is 15.9 Å². The number of nitrogens with one attached hydrogen (secondary N) is 3. The molecule has 3 aromatic rings. The topological polar surface area (TPSA) is 185 Å². The molecule has 2 atom stereocenters. The standard InChI is InChI=1S/C24H22ClN5O7/c1-13(31)37-21(17(11-20(32)33)22(34)27-15-4-2-14(12-26)3-5-15)23(35)30(9-8-25)16-6-7-18-19(10-16)29-24(36)28-18/h2-7,10,17,21H,8-9,11H2,1H3,(H,27,34)(H,32,33)(H2,28,29,36)/t17-,21-/m1/s1. The number of carboxylic acid groups (broad SMARTS) is 1. The van der Waals surface area contributed by atoms with E-state index < -0.39 is 47.9 Å². The molecular formula is C24H22ClN5O7. The number of alkyl halides is 1. The summed E-state index contributed by atoms with van der Waals surface area (Å²) >= 11 is 5.92. The number of carbonyl (C=O) groups is 4. The minimum absolute atomic E-state index is 0.0404. The molecule has 0 fully saturated rings. The highest BCUT2D eigenvalue weighted by Gasteiger charge is 2.40. The van der Waals surface area contributed by atoms with Gasteiger partial charge in [-0.2, -0.15) is 5.26 Å². The Bertz CT molecular complexity index is 1420. The lowest BCUT2D eigenvalue weighted by atomic mass is 9.95. The fourth-order valence-corrected chi connectivity index (χ4v) is 3.83. The SMILES string of the molecule is CC(=O)O[C@@H](C(=O)N(CCCl)c1ccc2[nH]c(=O)[nH]c2c1)[C@@H](CC(=O)O)C(=O)Nc1ccc(C#N)cc1. The maximum absolute atomic E-state index is 13.7. The monoisotopic (exact) mass is 527 g/mol. The number of imidazole rings is 1. The molecule has 0 saturated heterocycles. The molecule has 0 unspecified atom stereocenters. The van der Waals surface area contributed by atoms with Gasteiger partial charge in [-0.15, -0.1) is 11.6 Å². The van der Waals surface area contributed by atoms with E-state index in [0.29, 0.717) is 16.6 Å². The lowest BCUT2D eigenvalue weighted by Crippen LogP contribution is -2.49. The third-order valence-electron chi connectivity index (χ3n) is 5.30. The molecule has 4 N–H and O–H groups in total. The summed E-state index contributed by atoms with van der Waals surface area (Å²) in [6.45, 7) is 0.953. The molecule has 0 bridgehead atoms. The van der Waals surface area contributed by atoms with Crippen LogP contribution in [0.1, 0.15) is 18.9 Å². The molecule has 0 spiro atoms. The summed E-state index contributed by atoms with van der Waals surface area (Å²) in [5, 5.41) is 20.9. The number of ether oxygens (including phenoxy) is 1. The van der Waals surface area contributed by atoms with Crippen LogP contribution in [-0.4, -0.2) is 57.4 Å². The molecular weight excluding hydrogens is 506 g/mol. The number of carboxylic acids is 1. The molecule has 3 rings (SSSR count). The van der Waals surface area contributed by atoms with Gasteiger partial charge in [0.25, 0.3) is 5.91 Å². The maximum atomic E-state index is 13.7. The molecule has 1 heterocycles. The first kappa shape index (κ1) is 27.0. The first-order valence-corrected chi connectivity index (χ1v) is 11.5. The Hall–Kier alpha value is -4.63. The number of fused-ring (bicyclic) bond motifs is 1. The van der Waals surface area contributed by atoms with Crippen LogP contribution in [-0.2, 0) is 23.9 Å². The van der Waals surface area contributed by atoms with Crippen molar-refractivity contribution in [3.8, 4) is 6.07 Å². The summed E-state index contributed by atoms with van der Waals surface area (Å²) in [6.07, 6.45) is -2.64. The molecule has 0 aliphatic rings. The van der Waals surface area contributed by atoms with E-state index in [4.69, 9.17) is 21.6 Å². The number of rotatable bonds is 10. The highest BCUT2D eigenvalue weighted by molar-refractivity contribution is 6.18. The van der Waals surface area contributed by atoms with E-state index in [0.717, 1.165) is 11.8 Å². The van der Waals surface area contributed by atoms with Gasteiger partial charge in [0, 0.05) is 30.7 Å². The van der Waals surface area contributed by atoms with E-state index in [1.807, 2.05) is 6.07 Å². The van der Waals surface area contributed by atoms with Crippen LogP contribution in [0.2, 0.25) is 0 Å². The van der Waals surface area contributed by atoms with Gasteiger partial charge in [-0.05, 0) is 42.5 Å². The molecule has 0 radical (unpaired) electrons. The van der Waals surface area contributed by atoms with Gasteiger partial charge >= 0.3 is 17.6 Å². The van der Waals surface area contributed by atoms with E-state index >= 15 is 0 Å². The number of hydrogen-bond acceptors (Lipinski definition) is 7. The van der Waals surface area contributed by atoms with Crippen molar-refractivity contribution >= 4 is 57.8 Å². The average molecular weight is 528 g/mol. The van der Waals surface area contributed by atoms with Crippen LogP contribution in [0.15, 0.2) is 47.3 Å². The number of aromatic amines is 2. The maximum Gasteiger partial charge on any atom is 0.323 e. The number of aliphatic carboxylic acids is 1. The number of aromatic nitrogens is 2. The number of carbonyl (C=O) groups excluding carboxylic acids is 3. The van der Waals surface area contributed by atoms with Gasteiger partial charge in [-0.1, -0.05) is 0 Å². The van der Waals surface area contributed by atoms with E-state index in [-0.39, 0.29) is 23.8 Å². The molecule has 2 amide bonds. The van der Waals surface area contributed by atoms with Gasteiger partial charge in [-0.3, -0.25) is 19.2 Å². The molecule has 13 heteroatoms. The van der Waals surface area contributed by atoms with Crippen LogP contribution in [0.25, 0.3) is 11.0 Å². The quantitative estimate of drug-likeness (QED) is 0.227. The zero-order chi connectivity index (χ0) is 27.1. The van der Waals surface area contributed by atoms with E-state index in [2.05, 4.69) is 15.3 Å². The predicted octanol–water partition coefficient (Wildman–Crippen LogP) is 1.96. The zero-order valence-corrected chi connectivity index (χ0v) is 20.2. The molecule has 192 valence electrons. The number of H-pyrrole nitrogens is 2. The zero-order valence-electron chi connectivity index (χ0n) is 19.5. The van der Waals surface area contributed by atoms with Crippen molar-refractivity contribution in [2.45, 2.75) is 19.4 Å². The Balaban J connectivity index is 1.99. The number of benzene rings is 2. The summed E-state index contributed by atoms with van der Waals surface area (Å²) < 4.78 is 5.21. The Morgan fingerprint density at radius 2 is 1.81 bits per heavy atom. The lowest BCUT2D eigenvalue weighted by Gasteiger charge is -2.30. The third-order valence-corrected chi connectivity index (χ3v) is 5.47. The van der Waals surface area contributed by atoms with Gasteiger partial charge in [-0.25, -0.2) is 4.79 Å². The molecule has 12 nitrogen and oxygen atoms in total. The van der Waals surface area contributed by atoms with Gasteiger partial charge < -0.3 is 30.0 Å². The Morgan fingerprint density at radius 1 is 1.14 bits per heavy atom. The fourth-order valence-electron chi connectivity index (χ4n) is 3.66. The Kier molecular flexibility index (Phi) is 8.65. The van der Waals surface area contributed by atoms with Crippen molar-refractivity contribution in [3.05, 3.63) is 58.5 Å². The van der Waals surface area contributed by atoms with E-state index in [1.165, 1.54) is 36.4 Å². The normalized spacial score (nSPS) is 12.2. The summed E-state index contributed by atoms with van der Waals surface area (Å²) in [5.74, 6) is -5.73. The first-order chi connectivity index (χ1) is 17.6. The highest BCUT2D eigenvalue weighted by atomic mass is 35.5. The summed E-state index contributed by atoms with van der Waals surface area (Å²) in [5.41, 5.74) is 1.26. The van der Waals surface area contributed by atoms with Gasteiger partial charge in [0.2, 0.25) is 5.91 Å². The van der Waals surface area contributed by atoms with Crippen LogP contribution >= 0.6 is 11.6 Å². The number of anilines is 2. The summed E-state index contributed by atoms with van der Waals surface area (Å²) in [4.78, 5) is 68.3. The Morgan fingerprint density at radius 3 is 2.41 bits per heavy atom. The molecule has 37 heavy (non-hydrogen) atoms. The smallest absolute Gasteiger partial charge is 0.323 e. The second-order valence-corrected chi connectivity index (χ2v) is 8.28. The van der Waals surface area contributed by atoms with Crippen molar-refractivity contribution in [2.75, 3.05) is 22.6 Å². The number of halogens is 1. The van der Waals surface area contributed by atoms with Crippen molar-refractivity contribution in [1.29, 1.82) is 5.26 Å². The number of esters is 1. The molecule has 0 aliphatic heterocycles. The van der Waals surface area contributed by atoms with Crippen molar-refractivity contribution < 1.29 is 29.0 Å². The van der Waals surface area contributed by atoms with Gasteiger partial charge in [0.15, 0.2) is 6.10 Å². The molecule has 0 aliphatic carbocycles. The van der Waals surface area contributed by atoms with Crippen molar-refractivity contribution in [2.24, 2.45) is 5.92 Å². The number of nitriles is 1. The third kappa shape index (κ3) is 6.74. The Labute approximate surface area is 214 Å². The molecule has 2 aromatic carbocycles. The molecule has 1 aromatic heterocycles. The first-order valence-electron chi connectivity index (χ1n) is 10.9. The van der Waals surface area contributed by atoms with E-state index in [1.54, 1.807) is 6.07 Å². The second-order valence-electron chi connectivity index (χ2n) is 7.90. The lowest BCUT2D eigenvalue weighted by molar-refractivity contribution is -0.160. The van der Waals surface area contributed by atoms with Crippen molar-refractivity contribution in [1.82, 2.24) is 9.97 Å². The fraction of sp³-hybridized carbons (Fsp3) is 0.250. The van der Waals surface area contributed by atoms with Gasteiger partial charge in [0.05, 0.1) is 35.0 Å². The predicted molar refractivity (Wildman–Crippen MR) is 133 cm³/mol. The minimum Gasteiger partial charge on any atom is -0.481 e. The van der Waals surface area contributed by atoms with Crippen molar-refractivity contribution in [3.63, 3.8) is 0 Å². The average Bonchev–Trinajstić information content (AvgIpc) is 3.23. The largest absolute Gasteiger partial charge is 0.481 e. The molecule has 0 saturated carbocycles. The highest BCUT2D eigenvalue weighted by Crippen LogP contribution is 2.25. The second kappa shape index (κ2) is 11.9. The number of nitrogens with zero attached hydrogens (tertiary/aromatic N) is 2. The number of amides is 2. The van der Waals surface area contributed by atoms with Crippen LogP contribution in [0, 0.1) is 17.2 Å². The summed E-state index contributed by atoms with van der Waals surface area (Å²) in [6, 6.07) is 12.2. The minimum atomic E-state index is -1.81. The van der Waals surface area contributed by atoms with E-state index in [9.17, 15) is 29.1 Å². The van der Waals surface area contributed by atoms with Crippen LogP contribution in [0.3, 0.4) is 0 Å². The van der Waals surface area contributed by atoms with Gasteiger partial charge in [0.1, 0.15) is 0 Å². The van der Waals surface area contributed by atoms with Crippen LogP contribution in [0.4, 0.5) is 11.4 Å².